The van der Waals surface area contributed by atoms with E-state index in [2.05, 4.69) is 80.2 Å². The van der Waals surface area contributed by atoms with E-state index in [4.69, 9.17) is 0 Å². The molecule has 2 aromatic rings. The molecule has 0 saturated carbocycles. The maximum atomic E-state index is 3.26. The Morgan fingerprint density at radius 1 is 0.895 bits per heavy atom. The third-order valence-corrected chi connectivity index (χ3v) is 3.24. The van der Waals surface area contributed by atoms with Gasteiger partial charge in [0.15, 0.2) is 0 Å². The summed E-state index contributed by atoms with van der Waals surface area (Å²) in [6, 6.07) is 17.0. The predicted molar refractivity (Wildman–Crippen MR) is 83.6 cm³/mol. The molecular formula is C17H22N2. The van der Waals surface area contributed by atoms with Crippen LogP contribution in [0, 0.1) is 0 Å². The van der Waals surface area contributed by atoms with Crippen LogP contribution in [-0.4, -0.2) is 0 Å². The third kappa shape index (κ3) is 3.75. The molecule has 19 heavy (non-hydrogen) atoms. The Morgan fingerprint density at radius 3 is 2.16 bits per heavy atom. The zero-order chi connectivity index (χ0) is 13.7. The van der Waals surface area contributed by atoms with Crippen molar-refractivity contribution in [3.05, 3.63) is 59.7 Å². The van der Waals surface area contributed by atoms with Crippen LogP contribution in [0.1, 0.15) is 37.8 Å². The molecule has 0 aromatic heterocycles. The molecule has 0 atom stereocenters. The monoisotopic (exact) mass is 254 g/mol. The maximum absolute atomic E-state index is 3.26. The van der Waals surface area contributed by atoms with Gasteiger partial charge in [-0.1, -0.05) is 45.0 Å². The molecule has 2 N–H and O–H groups in total. The lowest BCUT2D eigenvalue weighted by atomic mass is 10.0. The van der Waals surface area contributed by atoms with E-state index in [0.717, 1.165) is 17.8 Å². The van der Waals surface area contributed by atoms with Gasteiger partial charge in [-0.25, -0.2) is 0 Å². The number of hydrogen-bond donors (Lipinski definition) is 2. The number of nitrogens with one attached hydrogen (secondary N) is 2. The van der Waals surface area contributed by atoms with E-state index in [9.17, 15) is 0 Å². The van der Waals surface area contributed by atoms with E-state index < -0.39 is 0 Å². The molecule has 0 aliphatic carbocycles. The first kappa shape index (κ1) is 13.5. The van der Waals surface area contributed by atoms with Crippen LogP contribution in [-0.2, 0) is 6.42 Å². The zero-order valence-electron chi connectivity index (χ0n) is 11.9. The lowest BCUT2D eigenvalue weighted by Crippen LogP contribution is -2.09. The van der Waals surface area contributed by atoms with Gasteiger partial charge in [0.2, 0.25) is 0 Å². The summed E-state index contributed by atoms with van der Waals surface area (Å²) in [6.07, 6.45) is 1.05. The first-order valence-corrected chi connectivity index (χ1v) is 6.90. The lowest BCUT2D eigenvalue weighted by molar-refractivity contribution is 0.867. The summed E-state index contributed by atoms with van der Waals surface area (Å²) in [5.41, 5.74) is 11.4. The van der Waals surface area contributed by atoms with Crippen molar-refractivity contribution in [2.75, 3.05) is 10.9 Å². The molecule has 0 aliphatic rings. The Labute approximate surface area is 115 Å². The third-order valence-electron chi connectivity index (χ3n) is 3.24. The Bertz CT molecular complexity index is 532. The minimum absolute atomic E-state index is 0.546. The van der Waals surface area contributed by atoms with Gasteiger partial charge in [0.05, 0.1) is 11.4 Å². The molecule has 0 spiro atoms. The molecule has 0 unspecified atom stereocenters. The average molecular weight is 254 g/mol. The van der Waals surface area contributed by atoms with Crippen molar-refractivity contribution >= 4 is 11.4 Å². The maximum Gasteiger partial charge on any atom is 0.0542 e. The second-order valence-corrected chi connectivity index (χ2v) is 5.08. The van der Waals surface area contributed by atoms with E-state index in [-0.39, 0.29) is 0 Å². The molecule has 0 fully saturated rings. The van der Waals surface area contributed by atoms with Gasteiger partial charge in [-0.3, -0.25) is 0 Å². The number of aryl methyl sites for hydroxylation is 1. The molecule has 0 aliphatic heterocycles. The molecular weight excluding hydrogens is 232 g/mol. The largest absolute Gasteiger partial charge is 0.301 e. The number of hydrazine groups is 1. The number of anilines is 2. The molecule has 2 nitrogen and oxygen atoms in total. The van der Waals surface area contributed by atoms with Gasteiger partial charge < -0.3 is 10.9 Å². The highest BCUT2D eigenvalue weighted by Gasteiger charge is 2.00. The standard InChI is InChI=1S/C17H22N2/c1-4-14-7-5-9-16(11-14)18-19-17-10-6-8-15(12-17)13(2)3/h5-13,18-19H,4H2,1-3H3. The molecule has 0 heterocycles. The summed E-state index contributed by atoms with van der Waals surface area (Å²) < 4.78 is 0. The zero-order valence-corrected chi connectivity index (χ0v) is 11.9. The van der Waals surface area contributed by atoms with Crippen molar-refractivity contribution in [2.24, 2.45) is 0 Å². The van der Waals surface area contributed by atoms with Crippen molar-refractivity contribution in [1.29, 1.82) is 0 Å². The van der Waals surface area contributed by atoms with Gasteiger partial charge >= 0.3 is 0 Å². The Hall–Kier alpha value is -1.96. The van der Waals surface area contributed by atoms with Gasteiger partial charge in [0.25, 0.3) is 0 Å². The van der Waals surface area contributed by atoms with E-state index in [1.807, 2.05) is 0 Å². The van der Waals surface area contributed by atoms with E-state index in [1.165, 1.54) is 11.1 Å². The minimum Gasteiger partial charge on any atom is -0.301 e. The van der Waals surface area contributed by atoms with Crippen molar-refractivity contribution in [1.82, 2.24) is 0 Å². The van der Waals surface area contributed by atoms with Gasteiger partial charge in [-0.2, -0.15) is 0 Å². The van der Waals surface area contributed by atoms with Gasteiger partial charge in [0.1, 0.15) is 0 Å². The van der Waals surface area contributed by atoms with E-state index in [0.29, 0.717) is 5.92 Å². The summed E-state index contributed by atoms with van der Waals surface area (Å²) in [5.74, 6) is 0.546. The van der Waals surface area contributed by atoms with Crippen molar-refractivity contribution in [3.63, 3.8) is 0 Å². The van der Waals surface area contributed by atoms with E-state index >= 15 is 0 Å². The summed E-state index contributed by atoms with van der Waals surface area (Å²) >= 11 is 0. The minimum atomic E-state index is 0.546. The average Bonchev–Trinajstić information content (AvgIpc) is 2.45. The van der Waals surface area contributed by atoms with E-state index in [1.54, 1.807) is 0 Å². The Morgan fingerprint density at radius 2 is 1.53 bits per heavy atom. The molecule has 0 bridgehead atoms. The Kier molecular flexibility index (Phi) is 4.45. The van der Waals surface area contributed by atoms with Crippen LogP contribution in [0.2, 0.25) is 0 Å². The topological polar surface area (TPSA) is 24.1 Å². The second kappa shape index (κ2) is 6.28. The highest BCUT2D eigenvalue weighted by molar-refractivity contribution is 5.54. The first-order valence-electron chi connectivity index (χ1n) is 6.90. The fourth-order valence-corrected chi connectivity index (χ4v) is 1.99. The highest BCUT2D eigenvalue weighted by atomic mass is 15.4. The normalized spacial score (nSPS) is 10.5. The molecule has 2 aromatic carbocycles. The number of rotatable bonds is 5. The summed E-state index contributed by atoms with van der Waals surface area (Å²) in [5, 5.41) is 0. The van der Waals surface area contributed by atoms with Crippen LogP contribution in [0.4, 0.5) is 11.4 Å². The first-order chi connectivity index (χ1) is 9.19. The predicted octanol–water partition coefficient (Wildman–Crippen LogP) is 4.81. The Balaban J connectivity index is 2.03. The van der Waals surface area contributed by atoms with Crippen LogP contribution in [0.25, 0.3) is 0 Å². The van der Waals surface area contributed by atoms with Crippen molar-refractivity contribution in [3.8, 4) is 0 Å². The van der Waals surface area contributed by atoms with Crippen molar-refractivity contribution < 1.29 is 0 Å². The smallest absolute Gasteiger partial charge is 0.0542 e. The fraction of sp³-hybridized carbons (Fsp3) is 0.294. The van der Waals surface area contributed by atoms with Crippen molar-refractivity contribution in [2.45, 2.75) is 33.1 Å². The molecule has 0 amide bonds. The molecule has 2 heteroatoms. The lowest BCUT2D eigenvalue weighted by Gasteiger charge is -2.13. The van der Waals surface area contributed by atoms with Crippen LogP contribution >= 0.6 is 0 Å². The second-order valence-electron chi connectivity index (χ2n) is 5.08. The SMILES string of the molecule is CCc1cccc(NNc2cccc(C(C)C)c2)c1. The van der Waals surface area contributed by atoms with Gasteiger partial charge in [-0.05, 0) is 47.7 Å². The summed E-state index contributed by atoms with van der Waals surface area (Å²) in [7, 11) is 0. The van der Waals surface area contributed by atoms with Gasteiger partial charge in [-0.15, -0.1) is 0 Å². The molecule has 0 radical (unpaired) electrons. The quantitative estimate of drug-likeness (QED) is 0.748. The fourth-order valence-electron chi connectivity index (χ4n) is 1.99. The summed E-state index contributed by atoms with van der Waals surface area (Å²) in [4.78, 5) is 0. The summed E-state index contributed by atoms with van der Waals surface area (Å²) in [6.45, 7) is 6.58. The highest BCUT2D eigenvalue weighted by Crippen LogP contribution is 2.19. The van der Waals surface area contributed by atoms with Crippen LogP contribution in [0.5, 0.6) is 0 Å². The van der Waals surface area contributed by atoms with Crippen LogP contribution in [0.3, 0.4) is 0 Å². The molecule has 100 valence electrons. The molecule has 2 rings (SSSR count). The number of benzene rings is 2. The number of hydrogen-bond acceptors (Lipinski definition) is 2. The molecule has 0 saturated heterocycles. The van der Waals surface area contributed by atoms with Gasteiger partial charge in [0, 0.05) is 0 Å². The van der Waals surface area contributed by atoms with Crippen LogP contribution in [0.15, 0.2) is 48.5 Å². The van der Waals surface area contributed by atoms with Crippen LogP contribution < -0.4 is 10.9 Å².